The van der Waals surface area contributed by atoms with Gasteiger partial charge in [-0.2, -0.15) is 0 Å². The summed E-state index contributed by atoms with van der Waals surface area (Å²) >= 11 is 1.87. The Kier molecular flexibility index (Phi) is 6.56. The molecular weight excluding hydrogens is 484 g/mol. The minimum Gasteiger partial charge on any atom is -0.379 e. The third kappa shape index (κ3) is 4.75. The normalized spacial score (nSPS) is 22.3. The SMILES string of the molecule is c1cc(-c2nc(N3CCOCC3)c3sc(CN4CCCC(N5CCOCC5)C4)cc3n2)c2cc[nH]c2c1. The molecule has 4 aromatic rings. The van der Waals surface area contributed by atoms with E-state index in [-0.39, 0.29) is 0 Å². The zero-order chi connectivity index (χ0) is 24.6. The van der Waals surface area contributed by atoms with Crippen LogP contribution < -0.4 is 4.90 Å². The lowest BCUT2D eigenvalue weighted by atomic mass is 10.0. The molecule has 3 aliphatic heterocycles. The van der Waals surface area contributed by atoms with Gasteiger partial charge < -0.3 is 19.4 Å². The first-order chi connectivity index (χ1) is 18.3. The summed E-state index contributed by atoms with van der Waals surface area (Å²) in [5.41, 5.74) is 3.24. The second-order valence-corrected chi connectivity index (χ2v) is 11.5. The number of aromatic amines is 1. The van der Waals surface area contributed by atoms with Crippen LogP contribution in [0.2, 0.25) is 0 Å². The molecule has 1 N–H and O–H groups in total. The number of rotatable bonds is 5. The molecule has 1 atom stereocenters. The van der Waals surface area contributed by atoms with Gasteiger partial charge in [-0.1, -0.05) is 12.1 Å². The fraction of sp³-hybridized carbons (Fsp3) is 0.500. The molecule has 3 aromatic heterocycles. The number of nitrogens with zero attached hydrogens (tertiary/aromatic N) is 5. The lowest BCUT2D eigenvalue weighted by Crippen LogP contribution is -2.51. The van der Waals surface area contributed by atoms with Crippen molar-refractivity contribution < 1.29 is 9.47 Å². The molecular formula is C28H34N6O2S. The second kappa shape index (κ2) is 10.3. The maximum atomic E-state index is 5.66. The molecule has 0 bridgehead atoms. The first kappa shape index (κ1) is 23.5. The van der Waals surface area contributed by atoms with E-state index in [9.17, 15) is 0 Å². The van der Waals surface area contributed by atoms with Crippen molar-refractivity contribution in [1.29, 1.82) is 0 Å². The predicted molar refractivity (Wildman–Crippen MR) is 148 cm³/mol. The number of likely N-dealkylation sites (tertiary alicyclic amines) is 1. The van der Waals surface area contributed by atoms with Crippen molar-refractivity contribution in [3.63, 3.8) is 0 Å². The molecule has 3 saturated heterocycles. The predicted octanol–water partition coefficient (Wildman–Crippen LogP) is 3.97. The number of ether oxygens (including phenoxy) is 2. The van der Waals surface area contributed by atoms with Crippen molar-refractivity contribution in [3.05, 3.63) is 41.4 Å². The van der Waals surface area contributed by atoms with Crippen LogP contribution in [0, 0.1) is 0 Å². The maximum Gasteiger partial charge on any atom is 0.162 e. The summed E-state index contributed by atoms with van der Waals surface area (Å²) in [4.78, 5) is 22.7. The highest BCUT2D eigenvalue weighted by Crippen LogP contribution is 2.36. The van der Waals surface area contributed by atoms with Crippen LogP contribution in [-0.2, 0) is 16.0 Å². The highest BCUT2D eigenvalue weighted by molar-refractivity contribution is 7.19. The Hall–Kier alpha value is -2.56. The van der Waals surface area contributed by atoms with Gasteiger partial charge in [-0.05, 0) is 37.6 Å². The molecule has 8 nitrogen and oxygen atoms in total. The van der Waals surface area contributed by atoms with E-state index in [4.69, 9.17) is 19.4 Å². The van der Waals surface area contributed by atoms with Crippen LogP contribution in [0.25, 0.3) is 32.5 Å². The molecule has 0 amide bonds. The highest BCUT2D eigenvalue weighted by atomic mass is 32.1. The van der Waals surface area contributed by atoms with Crippen molar-refractivity contribution in [3.8, 4) is 11.4 Å². The zero-order valence-corrected chi connectivity index (χ0v) is 22.0. The van der Waals surface area contributed by atoms with E-state index in [0.717, 1.165) is 106 Å². The Morgan fingerprint density at radius 1 is 0.973 bits per heavy atom. The van der Waals surface area contributed by atoms with Crippen molar-refractivity contribution >= 4 is 38.3 Å². The summed E-state index contributed by atoms with van der Waals surface area (Å²) in [6.07, 6.45) is 4.54. The lowest BCUT2D eigenvalue weighted by Gasteiger charge is -2.40. The van der Waals surface area contributed by atoms with Gasteiger partial charge in [-0.25, -0.2) is 9.97 Å². The molecule has 7 rings (SSSR count). The lowest BCUT2D eigenvalue weighted by molar-refractivity contribution is -0.00346. The molecule has 194 valence electrons. The molecule has 3 aliphatic rings. The number of H-pyrrole nitrogens is 1. The van der Waals surface area contributed by atoms with Gasteiger partial charge in [0.25, 0.3) is 0 Å². The number of anilines is 1. The van der Waals surface area contributed by atoms with Crippen LogP contribution in [0.5, 0.6) is 0 Å². The largest absolute Gasteiger partial charge is 0.379 e. The van der Waals surface area contributed by atoms with Gasteiger partial charge in [0.05, 0.1) is 36.6 Å². The summed E-state index contributed by atoms with van der Waals surface area (Å²) in [6, 6.07) is 11.4. The molecule has 3 fully saturated rings. The number of fused-ring (bicyclic) bond motifs is 2. The number of thiophene rings is 1. The first-order valence-electron chi connectivity index (χ1n) is 13.6. The summed E-state index contributed by atoms with van der Waals surface area (Å²) in [6.45, 7) is 10.4. The van der Waals surface area contributed by atoms with E-state index in [1.807, 2.05) is 17.5 Å². The van der Waals surface area contributed by atoms with E-state index < -0.39 is 0 Å². The van der Waals surface area contributed by atoms with Crippen LogP contribution in [0.1, 0.15) is 17.7 Å². The van der Waals surface area contributed by atoms with Crippen LogP contribution in [0.3, 0.4) is 0 Å². The van der Waals surface area contributed by atoms with Crippen molar-refractivity contribution in [1.82, 2.24) is 24.8 Å². The van der Waals surface area contributed by atoms with Crippen LogP contribution in [0.4, 0.5) is 5.82 Å². The Morgan fingerprint density at radius 3 is 2.68 bits per heavy atom. The average molecular weight is 519 g/mol. The Balaban J connectivity index is 1.21. The second-order valence-electron chi connectivity index (χ2n) is 10.3. The standard InChI is InChI=1S/C28H34N6O2S/c1-4-23(22-6-7-29-24(22)5-1)27-30-25-17-21(37-26(25)28(31-27)34-11-15-36-16-12-34)19-32-8-2-3-20(18-32)33-9-13-35-14-10-33/h1,4-7,17,20,29H,2-3,8-16,18-19H2. The Bertz CT molecular complexity index is 1370. The molecule has 37 heavy (non-hydrogen) atoms. The molecule has 0 radical (unpaired) electrons. The maximum absolute atomic E-state index is 5.66. The van der Waals surface area contributed by atoms with Gasteiger partial charge in [0.2, 0.25) is 0 Å². The van der Waals surface area contributed by atoms with Gasteiger partial charge in [0.15, 0.2) is 11.6 Å². The number of benzene rings is 1. The number of morpholine rings is 2. The van der Waals surface area contributed by atoms with Gasteiger partial charge >= 0.3 is 0 Å². The third-order valence-electron chi connectivity index (χ3n) is 7.97. The average Bonchev–Trinajstić information content (AvgIpc) is 3.60. The molecule has 0 spiro atoms. The van der Waals surface area contributed by atoms with Gasteiger partial charge in [-0.15, -0.1) is 11.3 Å². The van der Waals surface area contributed by atoms with Gasteiger partial charge in [0, 0.05) is 72.9 Å². The number of nitrogens with one attached hydrogen (secondary N) is 1. The Morgan fingerprint density at radius 2 is 1.81 bits per heavy atom. The van der Waals surface area contributed by atoms with E-state index in [2.05, 4.69) is 50.0 Å². The van der Waals surface area contributed by atoms with E-state index in [1.54, 1.807) is 0 Å². The smallest absolute Gasteiger partial charge is 0.162 e. The van der Waals surface area contributed by atoms with Crippen LogP contribution >= 0.6 is 11.3 Å². The quantitative estimate of drug-likeness (QED) is 0.429. The summed E-state index contributed by atoms with van der Waals surface area (Å²) in [5.74, 6) is 1.85. The number of hydrogen-bond donors (Lipinski definition) is 1. The van der Waals surface area contributed by atoms with Crippen molar-refractivity contribution in [2.75, 3.05) is 70.6 Å². The Labute approximate surface area is 221 Å². The zero-order valence-electron chi connectivity index (χ0n) is 21.2. The third-order valence-corrected chi connectivity index (χ3v) is 9.08. The molecule has 0 aliphatic carbocycles. The summed E-state index contributed by atoms with van der Waals surface area (Å²) in [7, 11) is 0. The van der Waals surface area contributed by atoms with Crippen LogP contribution in [-0.4, -0.2) is 96.5 Å². The minimum atomic E-state index is 0.643. The van der Waals surface area contributed by atoms with Gasteiger partial charge in [-0.3, -0.25) is 9.80 Å². The topological polar surface area (TPSA) is 69.8 Å². The van der Waals surface area contributed by atoms with Crippen molar-refractivity contribution in [2.45, 2.75) is 25.4 Å². The number of hydrogen-bond acceptors (Lipinski definition) is 8. The minimum absolute atomic E-state index is 0.643. The molecule has 9 heteroatoms. The van der Waals surface area contributed by atoms with E-state index in [0.29, 0.717) is 6.04 Å². The van der Waals surface area contributed by atoms with Crippen molar-refractivity contribution in [2.24, 2.45) is 0 Å². The summed E-state index contributed by atoms with van der Waals surface area (Å²) < 4.78 is 12.4. The van der Waals surface area contributed by atoms with Gasteiger partial charge in [0.1, 0.15) is 0 Å². The monoisotopic (exact) mass is 518 g/mol. The van der Waals surface area contributed by atoms with Crippen LogP contribution in [0.15, 0.2) is 36.5 Å². The number of piperidine rings is 1. The highest BCUT2D eigenvalue weighted by Gasteiger charge is 2.27. The molecule has 0 saturated carbocycles. The fourth-order valence-electron chi connectivity index (χ4n) is 6.07. The number of aromatic nitrogens is 3. The molecule has 1 aromatic carbocycles. The van der Waals surface area contributed by atoms with E-state index in [1.165, 1.54) is 22.4 Å². The summed E-state index contributed by atoms with van der Waals surface area (Å²) in [5, 5.41) is 1.16. The fourth-order valence-corrected chi connectivity index (χ4v) is 7.22. The first-order valence-corrected chi connectivity index (χ1v) is 14.4. The van der Waals surface area contributed by atoms with E-state index >= 15 is 0 Å². The molecule has 1 unspecified atom stereocenters. The molecule has 6 heterocycles.